The average molecular weight is 196 g/mol. The van der Waals surface area contributed by atoms with Gasteiger partial charge in [0.1, 0.15) is 0 Å². The monoisotopic (exact) mass is 196 g/mol. The first-order chi connectivity index (χ1) is 6.11. The van der Waals surface area contributed by atoms with Crippen LogP contribution in [0.25, 0.3) is 0 Å². The molecule has 4 heteroatoms. The minimum absolute atomic E-state index is 0.0855. The highest BCUT2D eigenvalue weighted by molar-refractivity contribution is 7.98. The molecular formula is C9H12N2OS. The van der Waals surface area contributed by atoms with E-state index in [0.717, 1.165) is 10.6 Å². The quantitative estimate of drug-likeness (QED) is 0.561. The molecule has 0 fully saturated rings. The molecule has 0 unspecified atom stereocenters. The summed E-state index contributed by atoms with van der Waals surface area (Å²) in [7, 11) is 0. The molecule has 1 amide bonds. The number of carbonyl (C=O) groups excluding carboxylic acids is 1. The third-order valence-electron chi connectivity index (χ3n) is 1.48. The molecule has 70 valence electrons. The maximum absolute atomic E-state index is 10.8. The lowest BCUT2D eigenvalue weighted by Crippen LogP contribution is -2.06. The number of amides is 1. The number of hydrogen-bond acceptors (Lipinski definition) is 3. The molecule has 0 heterocycles. The fourth-order valence-corrected chi connectivity index (χ4v) is 1.51. The van der Waals surface area contributed by atoms with Gasteiger partial charge in [-0.25, -0.2) is 0 Å². The van der Waals surface area contributed by atoms with E-state index in [9.17, 15) is 4.79 Å². The van der Waals surface area contributed by atoms with Crippen LogP contribution in [0.2, 0.25) is 0 Å². The number of thioether (sulfide) groups is 1. The Morgan fingerprint density at radius 1 is 1.46 bits per heavy atom. The van der Waals surface area contributed by atoms with Crippen LogP contribution in [0.5, 0.6) is 0 Å². The van der Waals surface area contributed by atoms with Gasteiger partial charge in [-0.15, -0.1) is 11.8 Å². The van der Waals surface area contributed by atoms with Crippen molar-refractivity contribution in [3.63, 3.8) is 0 Å². The molecule has 0 bridgehead atoms. The number of nitrogens with one attached hydrogen (secondary N) is 1. The third kappa shape index (κ3) is 2.99. The van der Waals surface area contributed by atoms with Gasteiger partial charge in [-0.1, -0.05) is 0 Å². The molecule has 0 aliphatic carbocycles. The predicted octanol–water partition coefficient (Wildman–Crippen LogP) is 1.95. The summed E-state index contributed by atoms with van der Waals surface area (Å²) in [5.41, 5.74) is 7.06. The standard InChI is InChI=1S/C9H12N2OS/c1-6(12)11-8-3-7(10)4-9(5-8)13-2/h3-5H,10H2,1-2H3,(H,11,12). The van der Waals surface area contributed by atoms with Gasteiger partial charge in [-0.3, -0.25) is 4.79 Å². The molecule has 13 heavy (non-hydrogen) atoms. The second-order valence-corrected chi connectivity index (χ2v) is 3.56. The van der Waals surface area contributed by atoms with Crippen molar-refractivity contribution in [2.24, 2.45) is 0 Å². The summed E-state index contributed by atoms with van der Waals surface area (Å²) >= 11 is 1.59. The fraction of sp³-hybridized carbons (Fsp3) is 0.222. The Morgan fingerprint density at radius 3 is 2.69 bits per heavy atom. The van der Waals surface area contributed by atoms with Crippen molar-refractivity contribution in [2.45, 2.75) is 11.8 Å². The second-order valence-electron chi connectivity index (χ2n) is 2.68. The molecule has 1 aromatic rings. The lowest BCUT2D eigenvalue weighted by atomic mass is 10.3. The maximum atomic E-state index is 10.8. The van der Waals surface area contributed by atoms with Gasteiger partial charge in [0.2, 0.25) is 5.91 Å². The van der Waals surface area contributed by atoms with E-state index in [1.807, 2.05) is 18.4 Å². The van der Waals surface area contributed by atoms with E-state index in [2.05, 4.69) is 5.32 Å². The van der Waals surface area contributed by atoms with Gasteiger partial charge in [-0.2, -0.15) is 0 Å². The minimum Gasteiger partial charge on any atom is -0.399 e. The van der Waals surface area contributed by atoms with Crippen LogP contribution < -0.4 is 11.1 Å². The summed E-state index contributed by atoms with van der Waals surface area (Å²) < 4.78 is 0. The zero-order valence-corrected chi connectivity index (χ0v) is 8.44. The Bertz CT molecular complexity index is 325. The van der Waals surface area contributed by atoms with Crippen molar-refractivity contribution >= 4 is 29.0 Å². The van der Waals surface area contributed by atoms with E-state index in [1.165, 1.54) is 6.92 Å². The number of anilines is 2. The lowest BCUT2D eigenvalue weighted by Gasteiger charge is -2.05. The van der Waals surface area contributed by atoms with Crippen LogP contribution in [0.4, 0.5) is 11.4 Å². The van der Waals surface area contributed by atoms with Crippen molar-refractivity contribution in [1.82, 2.24) is 0 Å². The first kappa shape index (κ1) is 9.92. The van der Waals surface area contributed by atoms with E-state index in [0.29, 0.717) is 5.69 Å². The van der Waals surface area contributed by atoms with Crippen molar-refractivity contribution < 1.29 is 4.79 Å². The van der Waals surface area contributed by atoms with Gasteiger partial charge in [0.15, 0.2) is 0 Å². The highest BCUT2D eigenvalue weighted by Gasteiger charge is 1.99. The van der Waals surface area contributed by atoms with Gasteiger partial charge >= 0.3 is 0 Å². The summed E-state index contributed by atoms with van der Waals surface area (Å²) in [4.78, 5) is 11.8. The highest BCUT2D eigenvalue weighted by atomic mass is 32.2. The number of hydrogen-bond donors (Lipinski definition) is 2. The first-order valence-electron chi connectivity index (χ1n) is 3.84. The van der Waals surface area contributed by atoms with E-state index >= 15 is 0 Å². The van der Waals surface area contributed by atoms with Gasteiger partial charge in [0, 0.05) is 23.2 Å². The smallest absolute Gasteiger partial charge is 0.221 e. The van der Waals surface area contributed by atoms with E-state index in [-0.39, 0.29) is 5.91 Å². The summed E-state index contributed by atoms with van der Waals surface area (Å²) in [6, 6.07) is 5.50. The second kappa shape index (κ2) is 4.18. The topological polar surface area (TPSA) is 55.1 Å². The van der Waals surface area contributed by atoms with Crippen LogP contribution in [0.3, 0.4) is 0 Å². The average Bonchev–Trinajstić information content (AvgIpc) is 2.01. The van der Waals surface area contributed by atoms with Crippen molar-refractivity contribution in [3.8, 4) is 0 Å². The van der Waals surface area contributed by atoms with Crippen molar-refractivity contribution in [2.75, 3.05) is 17.3 Å². The van der Waals surface area contributed by atoms with Crippen LogP contribution in [0.15, 0.2) is 23.1 Å². The number of rotatable bonds is 2. The SMILES string of the molecule is CSc1cc(N)cc(NC(C)=O)c1. The molecule has 0 aliphatic heterocycles. The van der Waals surface area contributed by atoms with Crippen LogP contribution in [-0.4, -0.2) is 12.2 Å². The predicted molar refractivity (Wildman–Crippen MR) is 56.9 cm³/mol. The molecule has 0 radical (unpaired) electrons. The summed E-state index contributed by atoms with van der Waals surface area (Å²) in [5, 5.41) is 2.69. The zero-order valence-electron chi connectivity index (χ0n) is 7.63. The maximum Gasteiger partial charge on any atom is 0.221 e. The van der Waals surface area contributed by atoms with E-state index in [1.54, 1.807) is 17.8 Å². The molecule has 0 aromatic heterocycles. The van der Waals surface area contributed by atoms with Crippen LogP contribution in [-0.2, 0) is 4.79 Å². The molecular weight excluding hydrogens is 184 g/mol. The van der Waals surface area contributed by atoms with Gasteiger partial charge < -0.3 is 11.1 Å². The van der Waals surface area contributed by atoms with E-state index in [4.69, 9.17) is 5.73 Å². The molecule has 0 aliphatic rings. The number of nitrogens with two attached hydrogens (primary N) is 1. The molecule has 0 spiro atoms. The van der Waals surface area contributed by atoms with Gasteiger partial charge in [0.25, 0.3) is 0 Å². The molecule has 1 rings (SSSR count). The fourth-order valence-electron chi connectivity index (χ4n) is 1.02. The number of nitrogen functional groups attached to an aromatic ring is 1. The zero-order chi connectivity index (χ0) is 9.84. The summed E-state index contributed by atoms with van der Waals surface area (Å²) in [6.45, 7) is 1.47. The molecule has 3 N–H and O–H groups in total. The summed E-state index contributed by atoms with van der Waals surface area (Å²) in [6.07, 6.45) is 1.96. The molecule has 0 saturated carbocycles. The number of benzene rings is 1. The largest absolute Gasteiger partial charge is 0.399 e. The summed E-state index contributed by atoms with van der Waals surface area (Å²) in [5.74, 6) is -0.0855. The normalized spacial score (nSPS) is 9.69. The molecule has 3 nitrogen and oxygen atoms in total. The highest BCUT2D eigenvalue weighted by Crippen LogP contribution is 2.23. The Hall–Kier alpha value is -1.16. The Kier molecular flexibility index (Phi) is 3.19. The first-order valence-corrected chi connectivity index (χ1v) is 5.06. The Morgan fingerprint density at radius 2 is 2.15 bits per heavy atom. The molecule has 1 aromatic carbocycles. The molecule has 0 saturated heterocycles. The minimum atomic E-state index is -0.0855. The van der Waals surface area contributed by atoms with Gasteiger partial charge in [0.05, 0.1) is 0 Å². The third-order valence-corrected chi connectivity index (χ3v) is 2.19. The van der Waals surface area contributed by atoms with Crippen LogP contribution >= 0.6 is 11.8 Å². The van der Waals surface area contributed by atoms with E-state index < -0.39 is 0 Å². The number of carbonyl (C=O) groups is 1. The molecule has 0 atom stereocenters. The van der Waals surface area contributed by atoms with Gasteiger partial charge in [-0.05, 0) is 24.5 Å². The van der Waals surface area contributed by atoms with Crippen LogP contribution in [0.1, 0.15) is 6.92 Å². The van der Waals surface area contributed by atoms with Crippen LogP contribution in [0, 0.1) is 0 Å². The Labute approximate surface area is 81.7 Å². The Balaban J connectivity index is 2.94. The van der Waals surface area contributed by atoms with Crippen molar-refractivity contribution in [3.05, 3.63) is 18.2 Å². The lowest BCUT2D eigenvalue weighted by molar-refractivity contribution is -0.114. The van der Waals surface area contributed by atoms with Crippen molar-refractivity contribution in [1.29, 1.82) is 0 Å².